The van der Waals surface area contributed by atoms with E-state index in [2.05, 4.69) is 0 Å². The molecule has 2 atom stereocenters. The van der Waals surface area contributed by atoms with Gasteiger partial charge in [-0.3, -0.25) is 4.79 Å². The fourth-order valence-electron chi connectivity index (χ4n) is 2.16. The molecule has 4 nitrogen and oxygen atoms in total. The number of esters is 1. The van der Waals surface area contributed by atoms with E-state index in [0.717, 1.165) is 11.1 Å². The van der Waals surface area contributed by atoms with Gasteiger partial charge in [0.05, 0.1) is 12.1 Å². The molecule has 4 heteroatoms. The van der Waals surface area contributed by atoms with Crippen molar-refractivity contribution in [2.24, 2.45) is 5.73 Å². The van der Waals surface area contributed by atoms with Gasteiger partial charge in [-0.15, -0.1) is 0 Å². The maximum Gasteiger partial charge on any atom is 0.308 e. The van der Waals surface area contributed by atoms with Crippen molar-refractivity contribution in [3.8, 4) is 5.75 Å². The van der Waals surface area contributed by atoms with Crippen molar-refractivity contribution in [2.45, 2.75) is 25.5 Å². The zero-order chi connectivity index (χ0) is 15.2. The Kier molecular flexibility index (Phi) is 5.09. The number of ether oxygens (including phenoxy) is 1. The molecule has 0 aromatic heterocycles. The third-order valence-electron chi connectivity index (χ3n) is 3.21. The Bertz CT molecular complexity index is 598. The van der Waals surface area contributed by atoms with Crippen LogP contribution in [0, 0.1) is 0 Å². The molecule has 2 aromatic rings. The van der Waals surface area contributed by atoms with Crippen molar-refractivity contribution in [1.82, 2.24) is 0 Å². The molecule has 3 N–H and O–H groups in total. The molecule has 0 amide bonds. The summed E-state index contributed by atoms with van der Waals surface area (Å²) >= 11 is 0. The Morgan fingerprint density at radius 3 is 2.57 bits per heavy atom. The molecule has 0 spiro atoms. The molecule has 0 aliphatic heterocycles. The predicted molar refractivity (Wildman–Crippen MR) is 80.8 cm³/mol. The molecule has 110 valence electrons. The number of aliphatic hydroxyl groups excluding tert-OH is 1. The molecular weight excluding hydrogens is 266 g/mol. The van der Waals surface area contributed by atoms with Crippen LogP contribution in [0.15, 0.2) is 54.6 Å². The Hall–Kier alpha value is -2.17. The first-order valence-electron chi connectivity index (χ1n) is 6.82. The molecule has 2 rings (SSSR count). The van der Waals surface area contributed by atoms with Crippen LogP contribution in [-0.4, -0.2) is 17.2 Å². The van der Waals surface area contributed by atoms with Crippen molar-refractivity contribution >= 4 is 5.97 Å². The van der Waals surface area contributed by atoms with Crippen molar-refractivity contribution < 1.29 is 14.6 Å². The van der Waals surface area contributed by atoms with Crippen LogP contribution in [0.3, 0.4) is 0 Å². The summed E-state index contributed by atoms with van der Waals surface area (Å²) in [5.41, 5.74) is 7.85. The molecule has 0 aliphatic rings. The fourth-order valence-corrected chi connectivity index (χ4v) is 2.16. The monoisotopic (exact) mass is 285 g/mol. The minimum atomic E-state index is -0.708. The van der Waals surface area contributed by atoms with Crippen molar-refractivity contribution in [2.75, 3.05) is 0 Å². The lowest BCUT2D eigenvalue weighted by Crippen LogP contribution is -2.28. The van der Waals surface area contributed by atoms with E-state index in [0.29, 0.717) is 12.2 Å². The molecule has 0 aliphatic carbocycles. The smallest absolute Gasteiger partial charge is 0.308 e. The summed E-state index contributed by atoms with van der Waals surface area (Å²) < 4.78 is 5.03. The maximum atomic E-state index is 11.0. The van der Waals surface area contributed by atoms with Crippen LogP contribution >= 0.6 is 0 Å². The summed E-state index contributed by atoms with van der Waals surface area (Å²) in [4.78, 5) is 11.0. The van der Waals surface area contributed by atoms with Crippen molar-refractivity contribution in [1.29, 1.82) is 0 Å². The molecule has 0 saturated heterocycles. The largest absolute Gasteiger partial charge is 0.427 e. The lowest BCUT2D eigenvalue weighted by molar-refractivity contribution is -0.131. The highest BCUT2D eigenvalue weighted by Crippen LogP contribution is 2.22. The lowest BCUT2D eigenvalue weighted by Gasteiger charge is -2.19. The minimum Gasteiger partial charge on any atom is -0.427 e. The summed E-state index contributed by atoms with van der Waals surface area (Å²) in [6.07, 6.45) is -0.236. The molecule has 0 heterocycles. The van der Waals surface area contributed by atoms with Gasteiger partial charge in [0.25, 0.3) is 0 Å². The van der Waals surface area contributed by atoms with E-state index in [1.54, 1.807) is 18.2 Å². The number of rotatable bonds is 5. The van der Waals surface area contributed by atoms with Gasteiger partial charge in [0.1, 0.15) is 5.75 Å². The van der Waals surface area contributed by atoms with Gasteiger partial charge >= 0.3 is 5.97 Å². The van der Waals surface area contributed by atoms with Gasteiger partial charge in [0.2, 0.25) is 0 Å². The highest BCUT2D eigenvalue weighted by Gasteiger charge is 2.18. The van der Waals surface area contributed by atoms with Gasteiger partial charge in [-0.25, -0.2) is 0 Å². The molecule has 0 radical (unpaired) electrons. The number of carbonyl (C=O) groups excluding carboxylic acids is 1. The van der Waals surface area contributed by atoms with Gasteiger partial charge in [-0.2, -0.15) is 0 Å². The van der Waals surface area contributed by atoms with E-state index < -0.39 is 12.1 Å². The number of carbonyl (C=O) groups is 1. The molecule has 0 bridgehead atoms. The van der Waals surface area contributed by atoms with Crippen LogP contribution < -0.4 is 10.5 Å². The predicted octanol–water partition coefficient (Wildman–Crippen LogP) is 2.22. The molecular formula is C17H19NO3. The zero-order valence-corrected chi connectivity index (χ0v) is 11.9. The average Bonchev–Trinajstić information content (AvgIpc) is 2.47. The first-order valence-corrected chi connectivity index (χ1v) is 6.82. The molecule has 0 unspecified atom stereocenters. The van der Waals surface area contributed by atoms with Crippen LogP contribution in [-0.2, 0) is 11.2 Å². The van der Waals surface area contributed by atoms with Crippen molar-refractivity contribution in [3.05, 3.63) is 65.7 Å². The summed E-state index contributed by atoms with van der Waals surface area (Å²) in [5, 5.41) is 10.3. The highest BCUT2D eigenvalue weighted by molar-refractivity contribution is 5.69. The number of aliphatic hydroxyl groups is 1. The first kappa shape index (κ1) is 15.2. The van der Waals surface area contributed by atoms with E-state index in [4.69, 9.17) is 10.5 Å². The average molecular weight is 285 g/mol. The molecule has 0 saturated carbocycles. The van der Waals surface area contributed by atoms with Gasteiger partial charge in [0, 0.05) is 13.3 Å². The van der Waals surface area contributed by atoms with E-state index in [1.165, 1.54) is 6.92 Å². The Morgan fingerprint density at radius 2 is 1.90 bits per heavy atom. The summed E-state index contributed by atoms with van der Waals surface area (Å²) in [7, 11) is 0. The van der Waals surface area contributed by atoms with Gasteiger partial charge in [0.15, 0.2) is 0 Å². The van der Waals surface area contributed by atoms with Crippen molar-refractivity contribution in [3.63, 3.8) is 0 Å². The Balaban J connectivity index is 2.08. The molecule has 21 heavy (non-hydrogen) atoms. The van der Waals surface area contributed by atoms with E-state index in [9.17, 15) is 9.90 Å². The van der Waals surface area contributed by atoms with Crippen LogP contribution in [0.4, 0.5) is 0 Å². The van der Waals surface area contributed by atoms with Crippen LogP contribution in [0.25, 0.3) is 0 Å². The highest BCUT2D eigenvalue weighted by atomic mass is 16.5. The summed E-state index contributed by atoms with van der Waals surface area (Å²) in [5.74, 6) is 0.0490. The Labute approximate surface area is 124 Å². The normalized spacial score (nSPS) is 13.5. The van der Waals surface area contributed by atoms with Crippen LogP contribution in [0.1, 0.15) is 24.1 Å². The molecule has 0 fully saturated rings. The second-order valence-corrected chi connectivity index (χ2v) is 4.95. The number of hydrogen-bond donors (Lipinski definition) is 2. The fraction of sp³-hybridized carbons (Fsp3) is 0.235. The lowest BCUT2D eigenvalue weighted by atomic mass is 9.97. The minimum absolute atomic E-state index is 0.384. The van der Waals surface area contributed by atoms with Gasteiger partial charge in [-0.1, -0.05) is 42.5 Å². The second kappa shape index (κ2) is 7.02. The summed E-state index contributed by atoms with van der Waals surface area (Å²) in [6.45, 7) is 1.34. The zero-order valence-electron chi connectivity index (χ0n) is 11.9. The molecule has 2 aromatic carbocycles. The van der Waals surface area contributed by atoms with Gasteiger partial charge in [-0.05, 0) is 23.3 Å². The van der Waals surface area contributed by atoms with Crippen LogP contribution in [0.5, 0.6) is 5.75 Å². The quantitative estimate of drug-likeness (QED) is 0.652. The number of hydrogen-bond acceptors (Lipinski definition) is 4. The van der Waals surface area contributed by atoms with Crippen LogP contribution in [0.2, 0.25) is 0 Å². The number of nitrogens with two attached hydrogens (primary N) is 1. The second-order valence-electron chi connectivity index (χ2n) is 4.95. The summed E-state index contributed by atoms with van der Waals surface area (Å²) in [6, 6.07) is 16.1. The van der Waals surface area contributed by atoms with Gasteiger partial charge < -0.3 is 15.6 Å². The van der Waals surface area contributed by atoms with E-state index >= 15 is 0 Å². The topological polar surface area (TPSA) is 72.5 Å². The maximum absolute atomic E-state index is 11.0. The first-order chi connectivity index (χ1) is 10.1. The van der Waals surface area contributed by atoms with E-state index in [1.807, 2.05) is 36.4 Å². The van der Waals surface area contributed by atoms with E-state index in [-0.39, 0.29) is 5.97 Å². The standard InChI is InChI=1S/C17H19NO3/c1-12(19)21-15-9-5-8-14(11-15)17(18)16(20)10-13-6-3-2-4-7-13/h2-9,11,16-17,20H,10,18H2,1H3/t16-,17+/m1/s1. The Morgan fingerprint density at radius 1 is 1.19 bits per heavy atom. The third-order valence-corrected chi connectivity index (χ3v) is 3.21. The number of benzene rings is 2. The SMILES string of the molecule is CC(=O)Oc1cccc([C@H](N)[C@H](O)Cc2ccccc2)c1. The third kappa shape index (κ3) is 4.41.